The van der Waals surface area contributed by atoms with Crippen LogP contribution in [-0.2, 0) is 33.1 Å². The van der Waals surface area contributed by atoms with Crippen molar-refractivity contribution in [3.05, 3.63) is 130 Å². The zero-order valence-electron chi connectivity index (χ0n) is 27.6. The molecule has 6 aromatic rings. The van der Waals surface area contributed by atoms with E-state index in [0.717, 1.165) is 34.3 Å². The van der Waals surface area contributed by atoms with E-state index in [1.54, 1.807) is 46.1 Å². The summed E-state index contributed by atoms with van der Waals surface area (Å²) in [4.78, 5) is 32.9. The summed E-state index contributed by atoms with van der Waals surface area (Å²) in [7, 11) is 1.88. The molecular weight excluding hydrogens is 671 g/mol. The molecule has 0 spiro atoms. The van der Waals surface area contributed by atoms with Gasteiger partial charge in [0, 0.05) is 77.9 Å². The van der Waals surface area contributed by atoms with Crippen molar-refractivity contribution in [3.8, 4) is 17.0 Å². The van der Waals surface area contributed by atoms with Gasteiger partial charge in [0.05, 0.1) is 23.0 Å². The Morgan fingerprint density at radius 2 is 1.70 bits per heavy atom. The second-order valence-electron chi connectivity index (χ2n) is 12.8. The lowest BCUT2D eigenvalue weighted by atomic mass is 9.93. The first-order valence-electron chi connectivity index (χ1n) is 16.4. The molecule has 2 aromatic heterocycles. The van der Waals surface area contributed by atoms with Gasteiger partial charge in [0.1, 0.15) is 5.75 Å². The lowest BCUT2D eigenvalue weighted by Gasteiger charge is -2.35. The Kier molecular flexibility index (Phi) is 8.90. The third-order valence-electron chi connectivity index (χ3n) is 9.80. The molecule has 11 heteroatoms. The van der Waals surface area contributed by atoms with Crippen LogP contribution in [0.4, 0.5) is 11.4 Å². The predicted molar refractivity (Wildman–Crippen MR) is 199 cm³/mol. The van der Waals surface area contributed by atoms with Crippen molar-refractivity contribution in [2.75, 3.05) is 11.4 Å². The number of carbonyl (C=O) groups is 2. The number of benzene rings is 4. The lowest BCUT2D eigenvalue weighted by Crippen LogP contribution is -2.42. The number of carbonyl (C=O) groups excluding carboxylic acids is 2. The first-order valence-corrected chi connectivity index (χ1v) is 16.8. The van der Waals surface area contributed by atoms with Crippen molar-refractivity contribution >= 4 is 58.1 Å². The van der Waals surface area contributed by atoms with Crippen LogP contribution in [0.15, 0.2) is 97.2 Å². The van der Waals surface area contributed by atoms with Gasteiger partial charge in [0.2, 0.25) is 0 Å². The SMILES string of the molecule is C[C@@H]1Cc2ccccc2CN1C(=O)c1ccc(Cl)cc1-c1cc(C(=O)N(c2ccc(O)cc2)c2ccc3c(cnn3C)c2)c2n1CCNC2.Cl. The van der Waals surface area contributed by atoms with E-state index in [9.17, 15) is 14.7 Å². The van der Waals surface area contributed by atoms with Gasteiger partial charge in [-0.25, -0.2) is 0 Å². The standard InChI is InChI=1S/C39H35ClN6O3.ClH/c1-24-17-25-5-3-4-6-26(25)23-45(24)38(48)32-13-7-28(40)19-33(32)36-20-34(37-22-41-15-16-44(36)37)39(49)46(29-8-11-31(47)12-9-29)30-10-14-35-27(18-30)21-42-43(35)2;/h3-14,18-21,24,41,47H,15-17,22-23H2,1-2H3;1H/t24-;/m1./s1. The lowest BCUT2D eigenvalue weighted by molar-refractivity contribution is 0.0659. The summed E-state index contributed by atoms with van der Waals surface area (Å²) in [5.41, 5.74) is 7.99. The minimum Gasteiger partial charge on any atom is -0.508 e. The number of nitrogens with one attached hydrogen (secondary N) is 1. The third-order valence-corrected chi connectivity index (χ3v) is 10.0. The number of aryl methyl sites for hydroxylation is 1. The molecule has 4 heterocycles. The maximum Gasteiger partial charge on any atom is 0.264 e. The molecule has 2 N–H and O–H groups in total. The quantitative estimate of drug-likeness (QED) is 0.194. The van der Waals surface area contributed by atoms with Gasteiger partial charge in [0.15, 0.2) is 0 Å². The summed E-state index contributed by atoms with van der Waals surface area (Å²) in [5, 5.41) is 19.3. The van der Waals surface area contributed by atoms with Gasteiger partial charge in [-0.15, -0.1) is 12.4 Å². The number of anilines is 2. The second-order valence-corrected chi connectivity index (χ2v) is 13.3. The Bertz CT molecular complexity index is 2260. The maximum atomic E-state index is 14.9. The first-order chi connectivity index (χ1) is 23.8. The van der Waals surface area contributed by atoms with Gasteiger partial charge < -0.3 is 19.9 Å². The van der Waals surface area contributed by atoms with Crippen LogP contribution >= 0.6 is 24.0 Å². The molecule has 0 saturated heterocycles. The van der Waals surface area contributed by atoms with E-state index in [-0.39, 0.29) is 36.0 Å². The Morgan fingerprint density at radius 1 is 0.940 bits per heavy atom. The van der Waals surface area contributed by atoms with Crippen LogP contribution in [-0.4, -0.2) is 48.8 Å². The molecule has 0 aliphatic carbocycles. The van der Waals surface area contributed by atoms with E-state index < -0.39 is 0 Å². The molecule has 0 radical (unpaired) electrons. The highest BCUT2D eigenvalue weighted by Gasteiger charge is 2.32. The van der Waals surface area contributed by atoms with Crippen LogP contribution in [0.5, 0.6) is 5.75 Å². The van der Waals surface area contributed by atoms with Gasteiger partial charge in [-0.05, 0) is 91.2 Å². The van der Waals surface area contributed by atoms with E-state index >= 15 is 0 Å². The average molecular weight is 708 g/mol. The summed E-state index contributed by atoms with van der Waals surface area (Å²) in [6.45, 7) is 4.43. The van der Waals surface area contributed by atoms with Crippen molar-refractivity contribution in [2.45, 2.75) is 39.0 Å². The zero-order valence-corrected chi connectivity index (χ0v) is 29.2. The Balaban J connectivity index is 0.00000392. The number of fused-ring (bicyclic) bond motifs is 3. The smallest absolute Gasteiger partial charge is 0.264 e. The van der Waals surface area contributed by atoms with E-state index in [4.69, 9.17) is 11.6 Å². The number of halogens is 2. The molecule has 0 bridgehead atoms. The molecule has 0 unspecified atom stereocenters. The highest BCUT2D eigenvalue weighted by molar-refractivity contribution is 6.31. The monoisotopic (exact) mass is 706 g/mol. The third kappa shape index (κ3) is 5.81. The average Bonchev–Trinajstić information content (AvgIpc) is 3.69. The summed E-state index contributed by atoms with van der Waals surface area (Å²) in [6.07, 6.45) is 2.56. The normalized spacial score (nSPS) is 15.3. The maximum absolute atomic E-state index is 14.9. The number of aromatic nitrogens is 3. The largest absolute Gasteiger partial charge is 0.508 e. The number of hydrogen-bond donors (Lipinski definition) is 2. The molecule has 0 fully saturated rings. The van der Waals surface area contributed by atoms with Crippen LogP contribution < -0.4 is 10.2 Å². The molecular formula is C39H36Cl2N6O3. The Hall–Kier alpha value is -5.09. The highest BCUT2D eigenvalue weighted by atomic mass is 35.5. The Morgan fingerprint density at radius 3 is 2.50 bits per heavy atom. The molecule has 2 aliphatic heterocycles. The van der Waals surface area contributed by atoms with Crippen LogP contribution in [0.3, 0.4) is 0 Å². The van der Waals surface area contributed by atoms with Crippen LogP contribution in [0.2, 0.25) is 5.02 Å². The van der Waals surface area contributed by atoms with E-state index in [2.05, 4.69) is 34.0 Å². The number of phenols is 1. The fourth-order valence-corrected chi connectivity index (χ4v) is 7.43. The predicted octanol–water partition coefficient (Wildman–Crippen LogP) is 7.49. The number of aromatic hydroxyl groups is 1. The minimum absolute atomic E-state index is 0. The number of phenolic OH excluding ortho intramolecular Hbond substituents is 1. The summed E-state index contributed by atoms with van der Waals surface area (Å²) in [5.74, 6) is -0.193. The topological polar surface area (TPSA) is 95.6 Å². The van der Waals surface area contributed by atoms with Gasteiger partial charge in [0.25, 0.3) is 11.8 Å². The van der Waals surface area contributed by atoms with Gasteiger partial charge >= 0.3 is 0 Å². The van der Waals surface area contributed by atoms with Crippen molar-refractivity contribution in [1.29, 1.82) is 0 Å². The minimum atomic E-state index is -0.233. The molecule has 2 aliphatic rings. The number of amides is 2. The number of rotatable bonds is 5. The van der Waals surface area contributed by atoms with Crippen molar-refractivity contribution < 1.29 is 14.7 Å². The first kappa shape index (κ1) is 33.4. The summed E-state index contributed by atoms with van der Waals surface area (Å²) >= 11 is 6.63. The van der Waals surface area contributed by atoms with Crippen LogP contribution in [0, 0.1) is 0 Å². The zero-order chi connectivity index (χ0) is 33.8. The van der Waals surface area contributed by atoms with E-state index in [1.165, 1.54) is 5.56 Å². The summed E-state index contributed by atoms with van der Waals surface area (Å²) < 4.78 is 3.93. The fourth-order valence-electron chi connectivity index (χ4n) is 7.26. The fraction of sp³-hybridized carbons (Fsp3) is 0.205. The molecule has 4 aromatic carbocycles. The molecule has 9 nitrogen and oxygen atoms in total. The molecule has 2 amide bonds. The molecule has 1 atom stereocenters. The number of nitrogens with zero attached hydrogens (tertiary/aromatic N) is 5. The van der Waals surface area contributed by atoms with Gasteiger partial charge in [-0.1, -0.05) is 35.9 Å². The van der Waals surface area contributed by atoms with E-state index in [0.29, 0.717) is 59.3 Å². The Labute approximate surface area is 301 Å². The number of hydrogen-bond acceptors (Lipinski definition) is 5. The highest BCUT2D eigenvalue weighted by Crippen LogP contribution is 2.37. The van der Waals surface area contributed by atoms with Crippen LogP contribution in [0.1, 0.15) is 44.5 Å². The van der Waals surface area contributed by atoms with Crippen molar-refractivity contribution in [3.63, 3.8) is 0 Å². The molecule has 8 rings (SSSR count). The van der Waals surface area contributed by atoms with Gasteiger partial charge in [-0.2, -0.15) is 5.10 Å². The second kappa shape index (κ2) is 13.3. The summed E-state index contributed by atoms with van der Waals surface area (Å²) in [6, 6.07) is 28.0. The van der Waals surface area contributed by atoms with Crippen LogP contribution in [0.25, 0.3) is 22.2 Å². The molecule has 50 heavy (non-hydrogen) atoms. The molecule has 0 saturated carbocycles. The van der Waals surface area contributed by atoms with Crippen molar-refractivity contribution in [1.82, 2.24) is 24.6 Å². The van der Waals surface area contributed by atoms with Gasteiger partial charge in [-0.3, -0.25) is 19.2 Å². The molecule has 254 valence electrons. The van der Waals surface area contributed by atoms with Crippen molar-refractivity contribution in [2.24, 2.45) is 7.05 Å². The van der Waals surface area contributed by atoms with E-state index in [1.807, 2.05) is 60.5 Å².